The second kappa shape index (κ2) is 10.8. The summed E-state index contributed by atoms with van der Waals surface area (Å²) in [4.78, 5) is 0. The molecule has 1 rings (SSSR count). The summed E-state index contributed by atoms with van der Waals surface area (Å²) in [6.45, 7) is 5.47. The van der Waals surface area contributed by atoms with Gasteiger partial charge >= 0.3 is 9.28 Å². The predicted octanol–water partition coefficient (Wildman–Crippen LogP) is 4.77. The molecule has 0 bridgehead atoms. The van der Waals surface area contributed by atoms with Crippen LogP contribution in [0.3, 0.4) is 0 Å². The van der Waals surface area contributed by atoms with E-state index in [1.807, 2.05) is 13.8 Å². The zero-order valence-electron chi connectivity index (χ0n) is 13.3. The minimum Gasteiger partial charge on any atom is -0.393 e. The maximum Gasteiger partial charge on any atom is 0.384 e. The van der Waals surface area contributed by atoms with Gasteiger partial charge in [0.05, 0.1) is 0 Å². The Balaban J connectivity index is 2.37. The van der Waals surface area contributed by atoms with Crippen molar-refractivity contribution in [3.63, 3.8) is 0 Å². The summed E-state index contributed by atoms with van der Waals surface area (Å²) >= 11 is 0. The summed E-state index contributed by atoms with van der Waals surface area (Å²) in [5, 5.41) is 0. The van der Waals surface area contributed by atoms with Crippen LogP contribution in [0.1, 0.15) is 45.1 Å². The molecule has 0 spiro atoms. The van der Waals surface area contributed by atoms with E-state index in [9.17, 15) is 13.2 Å². The van der Waals surface area contributed by atoms with Crippen LogP contribution in [0.15, 0.2) is 12.1 Å². The molecule has 6 heteroatoms. The molecule has 2 nitrogen and oxygen atoms in total. The van der Waals surface area contributed by atoms with Crippen LogP contribution in [0.25, 0.3) is 0 Å². The number of rotatable bonds is 11. The van der Waals surface area contributed by atoms with E-state index in [1.54, 1.807) is 0 Å². The van der Waals surface area contributed by atoms with Crippen LogP contribution < -0.4 is 0 Å². The predicted molar refractivity (Wildman–Crippen MR) is 82.3 cm³/mol. The van der Waals surface area contributed by atoms with E-state index in [-0.39, 0.29) is 5.56 Å². The van der Waals surface area contributed by atoms with Gasteiger partial charge < -0.3 is 8.85 Å². The van der Waals surface area contributed by atoms with Gasteiger partial charge in [0, 0.05) is 19.3 Å². The van der Waals surface area contributed by atoms with Crippen molar-refractivity contribution in [2.45, 2.75) is 52.0 Å². The number of hydrogen-bond acceptors (Lipinski definition) is 2. The second-order valence-corrected chi connectivity index (χ2v) is 6.96. The molecule has 22 heavy (non-hydrogen) atoms. The number of halogens is 3. The van der Waals surface area contributed by atoms with Gasteiger partial charge in [-0.25, -0.2) is 13.2 Å². The Hall–Kier alpha value is -0.853. The van der Waals surface area contributed by atoms with Gasteiger partial charge in [-0.1, -0.05) is 20.3 Å². The molecular formula is C16H24F3O2Si. The highest BCUT2D eigenvalue weighted by Gasteiger charge is 2.15. The van der Waals surface area contributed by atoms with Crippen LogP contribution in [0.5, 0.6) is 0 Å². The summed E-state index contributed by atoms with van der Waals surface area (Å²) in [6, 6.07) is 2.36. The molecule has 0 saturated heterocycles. The Morgan fingerprint density at radius 1 is 0.864 bits per heavy atom. The third-order valence-electron chi connectivity index (χ3n) is 3.10. The molecule has 0 unspecified atom stereocenters. The molecule has 0 aliphatic carbocycles. The van der Waals surface area contributed by atoms with Crippen molar-refractivity contribution in [2.24, 2.45) is 0 Å². The molecule has 1 aromatic rings. The first-order chi connectivity index (χ1) is 10.6. The van der Waals surface area contributed by atoms with E-state index in [4.69, 9.17) is 8.85 Å². The van der Waals surface area contributed by atoms with Crippen LogP contribution in [-0.4, -0.2) is 22.5 Å². The quantitative estimate of drug-likeness (QED) is 0.330. The molecule has 1 radical (unpaired) electrons. The molecular weight excluding hydrogens is 309 g/mol. The molecule has 0 aliphatic rings. The van der Waals surface area contributed by atoms with Crippen molar-refractivity contribution >= 4 is 9.28 Å². The Kier molecular flexibility index (Phi) is 9.43. The molecule has 0 amide bonds. The Bertz CT molecular complexity index is 436. The highest BCUT2D eigenvalue weighted by Crippen LogP contribution is 2.17. The fourth-order valence-corrected chi connectivity index (χ4v) is 3.73. The molecule has 0 N–H and O–H groups in total. The molecule has 0 aromatic heterocycles. The third kappa shape index (κ3) is 6.94. The highest BCUT2D eigenvalue weighted by atomic mass is 28.3. The van der Waals surface area contributed by atoms with E-state index in [0.29, 0.717) is 32.1 Å². The summed E-state index contributed by atoms with van der Waals surface area (Å²) in [5.41, 5.74) is 0.219. The largest absolute Gasteiger partial charge is 0.393 e. The molecule has 0 saturated carbocycles. The fraction of sp³-hybridized carbons (Fsp3) is 0.625. The first-order valence-corrected chi connectivity index (χ1v) is 9.35. The lowest BCUT2D eigenvalue weighted by molar-refractivity contribution is 0.195. The smallest absolute Gasteiger partial charge is 0.384 e. The third-order valence-corrected chi connectivity index (χ3v) is 4.91. The van der Waals surface area contributed by atoms with Crippen molar-refractivity contribution in [3.8, 4) is 0 Å². The molecule has 0 atom stereocenters. The normalized spacial score (nSPS) is 11.4. The second-order valence-electron chi connectivity index (χ2n) is 5.13. The van der Waals surface area contributed by atoms with E-state index in [1.165, 1.54) is 0 Å². The topological polar surface area (TPSA) is 18.5 Å². The minimum absolute atomic E-state index is 0.219. The van der Waals surface area contributed by atoms with Gasteiger partial charge in [-0.05, 0) is 43.4 Å². The SMILES string of the molecule is CCCO[Si](CCCCc1cc(F)c(F)cc1F)OCCC. The van der Waals surface area contributed by atoms with Gasteiger partial charge in [0.1, 0.15) is 5.82 Å². The Morgan fingerprint density at radius 2 is 1.45 bits per heavy atom. The maximum atomic E-state index is 13.5. The molecule has 0 aliphatic heterocycles. The van der Waals surface area contributed by atoms with E-state index in [0.717, 1.165) is 31.4 Å². The number of hydrogen-bond donors (Lipinski definition) is 0. The summed E-state index contributed by atoms with van der Waals surface area (Å²) in [5.74, 6) is -2.83. The molecule has 1 aromatic carbocycles. The number of benzene rings is 1. The molecule has 0 fully saturated rings. The zero-order valence-corrected chi connectivity index (χ0v) is 14.3. The van der Waals surface area contributed by atoms with Crippen LogP contribution in [0, 0.1) is 17.5 Å². The standard InChI is InChI=1S/C16H24F3O2Si/c1-3-8-20-22(21-9-4-2)10-6-5-7-13-11-15(18)16(19)12-14(13)17/h11-12H,3-10H2,1-2H3. The van der Waals surface area contributed by atoms with Crippen LogP contribution in [0.4, 0.5) is 13.2 Å². The number of aryl methyl sites for hydroxylation is 1. The Labute approximate surface area is 132 Å². The van der Waals surface area contributed by atoms with Crippen LogP contribution >= 0.6 is 0 Å². The molecule has 125 valence electrons. The van der Waals surface area contributed by atoms with E-state index < -0.39 is 26.7 Å². The van der Waals surface area contributed by atoms with E-state index >= 15 is 0 Å². The summed E-state index contributed by atoms with van der Waals surface area (Å²) in [7, 11) is -1.28. The minimum atomic E-state index is -1.28. The first-order valence-electron chi connectivity index (χ1n) is 7.83. The van der Waals surface area contributed by atoms with Gasteiger partial charge in [0.25, 0.3) is 0 Å². The van der Waals surface area contributed by atoms with Gasteiger partial charge in [0.2, 0.25) is 0 Å². The average molecular weight is 333 g/mol. The lowest BCUT2D eigenvalue weighted by atomic mass is 10.1. The van der Waals surface area contributed by atoms with E-state index in [2.05, 4.69) is 0 Å². The lowest BCUT2D eigenvalue weighted by Gasteiger charge is -2.14. The van der Waals surface area contributed by atoms with Crippen molar-refractivity contribution in [3.05, 3.63) is 35.1 Å². The summed E-state index contributed by atoms with van der Waals surface area (Å²) < 4.78 is 50.8. The lowest BCUT2D eigenvalue weighted by Crippen LogP contribution is -2.23. The average Bonchev–Trinajstić information content (AvgIpc) is 2.50. The van der Waals surface area contributed by atoms with Gasteiger partial charge in [-0.15, -0.1) is 0 Å². The van der Waals surface area contributed by atoms with Crippen LogP contribution in [0.2, 0.25) is 6.04 Å². The first kappa shape index (κ1) is 19.2. The summed E-state index contributed by atoms with van der Waals surface area (Å²) in [6.07, 6.45) is 3.80. The van der Waals surface area contributed by atoms with Gasteiger partial charge in [-0.3, -0.25) is 0 Å². The van der Waals surface area contributed by atoms with Crippen molar-refractivity contribution < 1.29 is 22.0 Å². The highest BCUT2D eigenvalue weighted by molar-refractivity contribution is 6.44. The van der Waals surface area contributed by atoms with Crippen molar-refractivity contribution in [1.82, 2.24) is 0 Å². The fourth-order valence-electron chi connectivity index (χ4n) is 1.96. The van der Waals surface area contributed by atoms with Crippen LogP contribution in [-0.2, 0) is 15.3 Å². The van der Waals surface area contributed by atoms with Gasteiger partial charge in [0.15, 0.2) is 11.6 Å². The monoisotopic (exact) mass is 333 g/mol. The van der Waals surface area contributed by atoms with Gasteiger partial charge in [-0.2, -0.15) is 0 Å². The van der Waals surface area contributed by atoms with Crippen molar-refractivity contribution in [1.29, 1.82) is 0 Å². The van der Waals surface area contributed by atoms with Crippen molar-refractivity contribution in [2.75, 3.05) is 13.2 Å². The molecule has 0 heterocycles. The Morgan fingerprint density at radius 3 is 2.05 bits per heavy atom. The maximum absolute atomic E-state index is 13.5. The number of unbranched alkanes of at least 4 members (excludes halogenated alkanes) is 1. The zero-order chi connectivity index (χ0) is 16.4.